The Morgan fingerprint density at radius 1 is 1.06 bits per heavy atom. The lowest BCUT2D eigenvalue weighted by Gasteiger charge is -2.23. The van der Waals surface area contributed by atoms with Gasteiger partial charge in [-0.15, -0.1) is 0 Å². The molecule has 4 aromatic rings. The van der Waals surface area contributed by atoms with Crippen LogP contribution in [-0.4, -0.2) is 21.8 Å². The van der Waals surface area contributed by atoms with E-state index in [1.165, 1.54) is 40.5 Å². The molecule has 0 radical (unpaired) electrons. The summed E-state index contributed by atoms with van der Waals surface area (Å²) >= 11 is 7.25. The lowest BCUT2D eigenvalue weighted by Crippen LogP contribution is -2.29. The lowest BCUT2D eigenvalue weighted by molar-refractivity contribution is -0.132. The van der Waals surface area contributed by atoms with Gasteiger partial charge in [0.25, 0.3) is 5.78 Å². The summed E-state index contributed by atoms with van der Waals surface area (Å²) in [6, 6.07) is 14.8. The highest BCUT2D eigenvalue weighted by Gasteiger charge is 2.48. The van der Waals surface area contributed by atoms with Crippen LogP contribution in [0, 0.1) is 19.7 Å². The predicted molar refractivity (Wildman–Crippen MR) is 132 cm³/mol. The van der Waals surface area contributed by atoms with Crippen molar-refractivity contribution in [2.45, 2.75) is 19.9 Å². The van der Waals surface area contributed by atoms with Gasteiger partial charge in [-0.05, 0) is 73.0 Å². The monoisotopic (exact) mass is 492 g/mol. The molecule has 1 fully saturated rings. The van der Waals surface area contributed by atoms with Crippen molar-refractivity contribution in [3.05, 3.63) is 99.3 Å². The zero-order chi connectivity index (χ0) is 24.1. The molecule has 0 unspecified atom stereocenters. The van der Waals surface area contributed by atoms with Crippen LogP contribution in [0.2, 0.25) is 5.02 Å². The number of ketones is 1. The SMILES string of the molecule is Cc1cc(C)c2nc(N3C(=O)C(=O)/C(=C(/O)c4ccc(Cl)cc4)[C@H]3c3ccc(F)cc3)sc2c1. The number of aliphatic hydroxyl groups is 1. The molecule has 1 saturated heterocycles. The molecule has 0 spiro atoms. The Morgan fingerprint density at radius 3 is 2.41 bits per heavy atom. The Kier molecular flexibility index (Phi) is 5.46. The zero-order valence-electron chi connectivity index (χ0n) is 18.2. The van der Waals surface area contributed by atoms with Crippen molar-refractivity contribution in [3.8, 4) is 0 Å². The molecule has 1 aliphatic rings. The summed E-state index contributed by atoms with van der Waals surface area (Å²) in [5.74, 6) is -2.43. The van der Waals surface area contributed by atoms with Gasteiger partial charge >= 0.3 is 5.91 Å². The number of aliphatic hydroxyl groups excluding tert-OH is 1. The summed E-state index contributed by atoms with van der Waals surface area (Å²) in [7, 11) is 0. The number of rotatable bonds is 3. The fraction of sp³-hybridized carbons (Fsp3) is 0.115. The minimum Gasteiger partial charge on any atom is -0.507 e. The van der Waals surface area contributed by atoms with E-state index in [0.29, 0.717) is 21.3 Å². The molecule has 0 bridgehead atoms. The van der Waals surface area contributed by atoms with Gasteiger partial charge in [0.1, 0.15) is 11.6 Å². The number of hydrogen-bond acceptors (Lipinski definition) is 5. The smallest absolute Gasteiger partial charge is 0.301 e. The second-order valence-electron chi connectivity index (χ2n) is 8.15. The fourth-order valence-corrected chi connectivity index (χ4v) is 5.51. The normalized spacial score (nSPS) is 17.6. The van der Waals surface area contributed by atoms with Crippen molar-refractivity contribution in [1.82, 2.24) is 4.98 Å². The van der Waals surface area contributed by atoms with Crippen LogP contribution in [0.3, 0.4) is 0 Å². The highest BCUT2D eigenvalue weighted by Crippen LogP contribution is 2.44. The minimum absolute atomic E-state index is 0.0916. The van der Waals surface area contributed by atoms with Crippen LogP contribution in [0.15, 0.2) is 66.2 Å². The Morgan fingerprint density at radius 2 is 1.74 bits per heavy atom. The number of anilines is 1. The maximum atomic E-state index is 13.7. The third-order valence-electron chi connectivity index (χ3n) is 5.77. The maximum Gasteiger partial charge on any atom is 0.301 e. The van der Waals surface area contributed by atoms with E-state index in [2.05, 4.69) is 4.98 Å². The number of nitrogens with zero attached hydrogens (tertiary/aromatic N) is 2. The number of carbonyl (C=O) groups excluding carboxylic acids is 2. The number of halogens is 2. The van der Waals surface area contributed by atoms with E-state index in [1.807, 2.05) is 26.0 Å². The zero-order valence-corrected chi connectivity index (χ0v) is 19.7. The first-order chi connectivity index (χ1) is 16.2. The van der Waals surface area contributed by atoms with Gasteiger partial charge in [0.2, 0.25) is 0 Å². The number of aryl methyl sites for hydroxylation is 2. The van der Waals surface area contributed by atoms with Gasteiger partial charge < -0.3 is 5.11 Å². The Balaban J connectivity index is 1.74. The van der Waals surface area contributed by atoms with E-state index in [4.69, 9.17) is 11.6 Å². The first-order valence-electron chi connectivity index (χ1n) is 10.4. The van der Waals surface area contributed by atoms with Gasteiger partial charge in [-0.25, -0.2) is 9.37 Å². The first kappa shape index (κ1) is 22.3. The van der Waals surface area contributed by atoms with Crippen LogP contribution in [0.25, 0.3) is 16.0 Å². The third-order valence-corrected chi connectivity index (χ3v) is 7.03. The largest absolute Gasteiger partial charge is 0.507 e. The number of carbonyl (C=O) groups is 2. The molecule has 1 aliphatic heterocycles. The van der Waals surface area contributed by atoms with E-state index in [9.17, 15) is 19.1 Å². The number of fused-ring (bicyclic) bond motifs is 1. The Bertz CT molecular complexity index is 1490. The van der Waals surface area contributed by atoms with Crippen LogP contribution in [0.1, 0.15) is 28.3 Å². The lowest BCUT2D eigenvalue weighted by atomic mass is 9.95. The van der Waals surface area contributed by atoms with Gasteiger partial charge in [-0.1, -0.05) is 41.1 Å². The molecule has 5 rings (SSSR count). The van der Waals surface area contributed by atoms with Crippen LogP contribution < -0.4 is 4.90 Å². The summed E-state index contributed by atoms with van der Waals surface area (Å²) in [6.07, 6.45) is 0. The average Bonchev–Trinajstić information content (AvgIpc) is 3.33. The summed E-state index contributed by atoms with van der Waals surface area (Å²) in [4.78, 5) is 32.5. The van der Waals surface area contributed by atoms with Crippen LogP contribution >= 0.6 is 22.9 Å². The summed E-state index contributed by atoms with van der Waals surface area (Å²) < 4.78 is 14.6. The molecule has 1 atom stereocenters. The first-order valence-corrected chi connectivity index (χ1v) is 11.6. The van der Waals surface area contributed by atoms with Crippen molar-refractivity contribution in [2.75, 3.05) is 4.90 Å². The van der Waals surface area contributed by atoms with Crippen molar-refractivity contribution in [1.29, 1.82) is 0 Å². The van der Waals surface area contributed by atoms with Gasteiger partial charge in [-0.2, -0.15) is 0 Å². The second-order valence-corrected chi connectivity index (χ2v) is 9.60. The molecule has 170 valence electrons. The molecule has 0 aliphatic carbocycles. The second kappa shape index (κ2) is 8.34. The molecule has 5 nitrogen and oxygen atoms in total. The molecular weight excluding hydrogens is 475 g/mol. The van der Waals surface area contributed by atoms with E-state index in [1.54, 1.807) is 24.3 Å². The highest BCUT2D eigenvalue weighted by atomic mass is 35.5. The van der Waals surface area contributed by atoms with E-state index in [-0.39, 0.29) is 11.3 Å². The highest BCUT2D eigenvalue weighted by molar-refractivity contribution is 7.22. The third kappa shape index (κ3) is 3.67. The Hall–Kier alpha value is -3.55. The van der Waals surface area contributed by atoms with Gasteiger partial charge in [0.15, 0.2) is 5.13 Å². The number of amides is 1. The van der Waals surface area contributed by atoms with E-state index < -0.39 is 23.5 Å². The number of thiazole rings is 1. The van der Waals surface area contributed by atoms with Gasteiger partial charge in [0.05, 0.1) is 21.8 Å². The molecule has 1 aromatic heterocycles. The average molecular weight is 493 g/mol. The molecule has 34 heavy (non-hydrogen) atoms. The molecule has 0 saturated carbocycles. The number of hydrogen-bond donors (Lipinski definition) is 1. The number of Topliss-reactive ketones (excluding diaryl/α,β-unsaturated/α-hetero) is 1. The molecule has 3 aromatic carbocycles. The summed E-state index contributed by atoms with van der Waals surface area (Å²) in [5.41, 5.74) is 3.47. The van der Waals surface area contributed by atoms with Crippen LogP contribution in [-0.2, 0) is 9.59 Å². The van der Waals surface area contributed by atoms with Gasteiger partial charge in [0, 0.05) is 10.6 Å². The van der Waals surface area contributed by atoms with Crippen molar-refractivity contribution in [3.63, 3.8) is 0 Å². The quantitative estimate of drug-likeness (QED) is 0.206. The predicted octanol–water partition coefficient (Wildman–Crippen LogP) is 6.33. The molecule has 1 amide bonds. The van der Waals surface area contributed by atoms with E-state index >= 15 is 0 Å². The topological polar surface area (TPSA) is 70.5 Å². The molecule has 2 heterocycles. The minimum atomic E-state index is -0.974. The Labute approximate surface area is 203 Å². The van der Waals surface area contributed by atoms with Gasteiger partial charge in [-0.3, -0.25) is 14.5 Å². The number of benzene rings is 3. The summed E-state index contributed by atoms with van der Waals surface area (Å²) in [6.45, 7) is 3.91. The van der Waals surface area contributed by atoms with E-state index in [0.717, 1.165) is 21.3 Å². The van der Waals surface area contributed by atoms with Crippen molar-refractivity contribution >= 4 is 55.7 Å². The fourth-order valence-electron chi connectivity index (χ4n) is 4.22. The van der Waals surface area contributed by atoms with Crippen molar-refractivity contribution < 1.29 is 19.1 Å². The molecular formula is C26H18ClFN2O3S. The maximum absolute atomic E-state index is 13.7. The number of aromatic nitrogens is 1. The van der Waals surface area contributed by atoms with Crippen molar-refractivity contribution in [2.24, 2.45) is 0 Å². The standard InChI is InChI=1S/C26H18ClFN2O3S/c1-13-11-14(2)21-19(12-13)34-26(29-21)30-22(15-5-9-18(28)10-6-15)20(24(32)25(30)33)23(31)16-3-7-17(27)8-4-16/h3-12,22,31H,1-2H3/b23-20+/t22-/m1/s1. The van der Waals surface area contributed by atoms with Crippen LogP contribution in [0.5, 0.6) is 0 Å². The molecule has 1 N–H and O–H groups in total. The molecule has 8 heteroatoms. The van der Waals surface area contributed by atoms with Crippen LogP contribution in [0.4, 0.5) is 9.52 Å². The summed E-state index contributed by atoms with van der Waals surface area (Å²) in [5, 5.41) is 11.9.